The Morgan fingerprint density at radius 3 is 2.80 bits per heavy atom. The quantitative estimate of drug-likeness (QED) is 0.257. The number of hydrogen-bond acceptors (Lipinski definition) is 7. The molecule has 1 fully saturated rings. The maximum atomic E-state index is 12.7. The number of aryl methyl sites for hydroxylation is 1. The van der Waals surface area contributed by atoms with Crippen molar-refractivity contribution in [1.29, 1.82) is 5.26 Å². The summed E-state index contributed by atoms with van der Waals surface area (Å²) >= 11 is 6.73. The summed E-state index contributed by atoms with van der Waals surface area (Å²) < 4.78 is 5.88. The average Bonchev–Trinajstić information content (AvgIpc) is 2.94. The van der Waals surface area contributed by atoms with E-state index in [1.165, 1.54) is 19.3 Å². The number of benzene rings is 2. The van der Waals surface area contributed by atoms with Gasteiger partial charge in [0.15, 0.2) is 0 Å². The molecular weight excluding hydrogens is 524 g/mol. The molecular formula is C31H43ClN6O2. The molecule has 2 aliphatic heterocycles. The van der Waals surface area contributed by atoms with Gasteiger partial charge in [0.2, 0.25) is 5.91 Å². The molecule has 2 aromatic carbocycles. The van der Waals surface area contributed by atoms with Gasteiger partial charge in [0.25, 0.3) is 0 Å². The summed E-state index contributed by atoms with van der Waals surface area (Å²) in [5.74, 6) is 0.243. The van der Waals surface area contributed by atoms with E-state index in [9.17, 15) is 10.1 Å². The van der Waals surface area contributed by atoms with E-state index in [2.05, 4.69) is 38.3 Å². The lowest BCUT2D eigenvalue weighted by molar-refractivity contribution is -0.116. The molecule has 2 aromatic rings. The molecule has 40 heavy (non-hydrogen) atoms. The van der Waals surface area contributed by atoms with Gasteiger partial charge in [0.1, 0.15) is 5.75 Å². The Hall–Kier alpha value is -2.99. The van der Waals surface area contributed by atoms with Crippen LogP contribution in [0.25, 0.3) is 0 Å². The van der Waals surface area contributed by atoms with Gasteiger partial charge in [0.05, 0.1) is 30.3 Å². The minimum atomic E-state index is -0.315. The first-order valence-corrected chi connectivity index (χ1v) is 14.9. The van der Waals surface area contributed by atoms with Crippen LogP contribution in [0.5, 0.6) is 5.75 Å². The number of nitrogens with zero attached hydrogens (tertiary/aromatic N) is 2. The molecule has 0 aromatic heterocycles. The molecule has 3 atom stereocenters. The van der Waals surface area contributed by atoms with Crippen LogP contribution in [0.1, 0.15) is 62.6 Å². The van der Waals surface area contributed by atoms with Gasteiger partial charge in [0, 0.05) is 47.0 Å². The zero-order valence-electron chi connectivity index (χ0n) is 24.0. The van der Waals surface area contributed by atoms with Crippen molar-refractivity contribution in [2.24, 2.45) is 5.92 Å². The first kappa shape index (κ1) is 30.0. The van der Waals surface area contributed by atoms with E-state index in [4.69, 9.17) is 16.3 Å². The van der Waals surface area contributed by atoms with E-state index in [1.54, 1.807) is 0 Å². The number of carbonyl (C=O) groups is 1. The fraction of sp³-hybridized carbons (Fsp3) is 0.548. The van der Waals surface area contributed by atoms with Crippen LogP contribution in [0.4, 0.5) is 17.1 Å². The van der Waals surface area contributed by atoms with E-state index in [0.717, 1.165) is 59.9 Å². The number of nitrogens with one attached hydrogen (secondary N) is 4. The molecule has 0 spiro atoms. The summed E-state index contributed by atoms with van der Waals surface area (Å²) in [6.07, 6.45) is 6.99. The minimum absolute atomic E-state index is 0.0568. The monoisotopic (exact) mass is 566 g/mol. The van der Waals surface area contributed by atoms with Crippen LogP contribution in [0.2, 0.25) is 5.02 Å². The second kappa shape index (κ2) is 14.6. The van der Waals surface area contributed by atoms with Crippen molar-refractivity contribution >= 4 is 34.6 Å². The molecule has 0 bridgehead atoms. The number of fused-ring (bicyclic) bond motifs is 1. The molecule has 0 radical (unpaired) electrons. The molecule has 1 amide bonds. The third kappa shape index (κ3) is 8.03. The first-order valence-electron chi connectivity index (χ1n) is 14.5. The van der Waals surface area contributed by atoms with Crippen LogP contribution in [0, 0.1) is 17.2 Å². The number of carbonyl (C=O) groups excluding carboxylic acids is 1. The highest BCUT2D eigenvalue weighted by Gasteiger charge is 2.31. The Bertz CT molecular complexity index is 1190. The third-order valence-electron chi connectivity index (χ3n) is 7.70. The number of amides is 1. The summed E-state index contributed by atoms with van der Waals surface area (Å²) in [5, 5.41) is 24.3. The van der Waals surface area contributed by atoms with Gasteiger partial charge in [-0.2, -0.15) is 5.26 Å². The second-order valence-corrected chi connectivity index (χ2v) is 11.5. The molecule has 0 aliphatic carbocycles. The van der Waals surface area contributed by atoms with Gasteiger partial charge in [-0.25, -0.2) is 0 Å². The number of rotatable bonds is 12. The molecule has 2 aliphatic rings. The Balaban J connectivity index is 1.52. The number of anilines is 3. The maximum Gasteiger partial charge on any atom is 0.224 e. The van der Waals surface area contributed by atoms with E-state index in [0.29, 0.717) is 37.1 Å². The standard InChI is InChI=1S/C31H43ClN6O2/c1-4-40-29-18-27-25(17-28(29)37-30(39)9-7-15-38(2)3)31(22(19-33)20-35-27)36-24-13-11-21(26(32)16-24)10-12-23-8-5-6-14-34-23/h11,13,16-18,22-23,31,34-36H,4-10,12,14-15,20H2,1-3H3,(H,37,39). The van der Waals surface area contributed by atoms with E-state index in [1.807, 2.05) is 45.3 Å². The van der Waals surface area contributed by atoms with E-state index >= 15 is 0 Å². The minimum Gasteiger partial charge on any atom is -0.492 e. The lowest BCUT2D eigenvalue weighted by atomic mass is 9.88. The van der Waals surface area contributed by atoms with Crippen LogP contribution in [0.3, 0.4) is 0 Å². The van der Waals surface area contributed by atoms with E-state index in [-0.39, 0.29) is 17.9 Å². The average molecular weight is 567 g/mol. The predicted octanol–water partition coefficient (Wildman–Crippen LogP) is 5.81. The van der Waals surface area contributed by atoms with Crippen LogP contribution < -0.4 is 26.0 Å². The normalized spacial score (nSPS) is 20.2. The Morgan fingerprint density at radius 2 is 2.10 bits per heavy atom. The van der Waals surface area contributed by atoms with Crippen molar-refractivity contribution in [2.45, 2.75) is 64.0 Å². The van der Waals surface area contributed by atoms with Crippen molar-refractivity contribution in [3.05, 3.63) is 46.5 Å². The van der Waals surface area contributed by atoms with Crippen molar-refractivity contribution in [3.8, 4) is 11.8 Å². The van der Waals surface area contributed by atoms with Gasteiger partial charge < -0.3 is 30.9 Å². The summed E-state index contributed by atoms with van der Waals surface area (Å²) in [5.41, 5.74) is 4.43. The van der Waals surface area contributed by atoms with Gasteiger partial charge in [-0.05, 0) is 90.0 Å². The largest absolute Gasteiger partial charge is 0.492 e. The van der Waals surface area contributed by atoms with Gasteiger partial charge in [-0.3, -0.25) is 4.79 Å². The SMILES string of the molecule is CCOc1cc2c(cc1NC(=O)CCCN(C)C)C(Nc1ccc(CCC3CCCCN3)c(Cl)c1)C(C#N)CN2. The third-order valence-corrected chi connectivity index (χ3v) is 8.05. The first-order chi connectivity index (χ1) is 19.4. The molecule has 9 heteroatoms. The molecule has 3 unspecified atom stereocenters. The summed E-state index contributed by atoms with van der Waals surface area (Å²) in [6.45, 7) is 4.85. The van der Waals surface area contributed by atoms with Gasteiger partial charge in [-0.1, -0.05) is 24.1 Å². The molecule has 0 saturated carbocycles. The predicted molar refractivity (Wildman–Crippen MR) is 163 cm³/mol. The van der Waals surface area contributed by atoms with Crippen molar-refractivity contribution in [1.82, 2.24) is 10.2 Å². The lowest BCUT2D eigenvalue weighted by Crippen LogP contribution is -2.34. The Morgan fingerprint density at radius 1 is 1.25 bits per heavy atom. The molecule has 4 N–H and O–H groups in total. The van der Waals surface area contributed by atoms with Crippen LogP contribution in [-0.2, 0) is 11.2 Å². The van der Waals surface area contributed by atoms with Crippen LogP contribution in [-0.4, -0.2) is 57.2 Å². The molecule has 2 heterocycles. The second-order valence-electron chi connectivity index (χ2n) is 11.1. The van der Waals surface area contributed by atoms with Gasteiger partial charge in [-0.15, -0.1) is 0 Å². The van der Waals surface area contributed by atoms with Crippen molar-refractivity contribution in [3.63, 3.8) is 0 Å². The highest BCUT2D eigenvalue weighted by atomic mass is 35.5. The molecule has 1 saturated heterocycles. The Labute approximate surface area is 243 Å². The number of piperidine rings is 1. The summed E-state index contributed by atoms with van der Waals surface area (Å²) in [4.78, 5) is 14.8. The number of nitriles is 1. The van der Waals surface area contributed by atoms with Crippen LogP contribution >= 0.6 is 11.6 Å². The van der Waals surface area contributed by atoms with Crippen molar-refractivity contribution < 1.29 is 9.53 Å². The number of hydrogen-bond donors (Lipinski definition) is 4. The molecule has 4 rings (SSSR count). The summed E-state index contributed by atoms with van der Waals surface area (Å²) in [6, 6.07) is 12.7. The highest BCUT2D eigenvalue weighted by Crippen LogP contribution is 2.42. The van der Waals surface area contributed by atoms with Crippen LogP contribution in [0.15, 0.2) is 30.3 Å². The molecule has 8 nitrogen and oxygen atoms in total. The zero-order valence-corrected chi connectivity index (χ0v) is 24.7. The summed E-state index contributed by atoms with van der Waals surface area (Å²) in [7, 11) is 3.99. The molecule has 216 valence electrons. The van der Waals surface area contributed by atoms with E-state index < -0.39 is 0 Å². The van der Waals surface area contributed by atoms with Gasteiger partial charge >= 0.3 is 0 Å². The lowest BCUT2D eigenvalue weighted by Gasteiger charge is -2.33. The van der Waals surface area contributed by atoms with Crippen molar-refractivity contribution in [2.75, 3.05) is 56.3 Å². The topological polar surface area (TPSA) is 101 Å². The smallest absolute Gasteiger partial charge is 0.224 e. The highest BCUT2D eigenvalue weighted by molar-refractivity contribution is 6.31. The number of ether oxygens (including phenoxy) is 1. The fourth-order valence-corrected chi connectivity index (χ4v) is 5.80. The zero-order chi connectivity index (χ0) is 28.5. The maximum absolute atomic E-state index is 12.7. The number of halogens is 1. The Kier molecular flexibility index (Phi) is 10.9. The fourth-order valence-electron chi connectivity index (χ4n) is 5.52.